The normalized spacial score (nSPS) is 11.8. The number of hydrogen-bond acceptors (Lipinski definition) is 3. The largest absolute Gasteiger partial charge is 0.303 e. The molecule has 0 fully saturated rings. The molecule has 86 valence electrons. The molecular weight excluding hydrogens is 224 g/mol. The maximum atomic E-state index is 11.8. The van der Waals surface area contributed by atoms with Crippen molar-refractivity contribution in [3.05, 3.63) is 42.0 Å². The Morgan fingerprint density at radius 3 is 2.31 bits per heavy atom. The fourth-order valence-electron chi connectivity index (χ4n) is 1.19. The predicted octanol–water partition coefficient (Wildman–Crippen LogP) is 1.91. The average molecular weight is 238 g/mol. The van der Waals surface area contributed by atoms with E-state index in [1.165, 1.54) is 6.08 Å². The summed E-state index contributed by atoms with van der Waals surface area (Å²) in [5.41, 5.74) is 1.02. The molecule has 0 bridgehead atoms. The second kappa shape index (κ2) is 5.61. The molecule has 0 radical (unpaired) electrons. The Morgan fingerprint density at radius 1 is 1.12 bits per heavy atom. The lowest BCUT2D eigenvalue weighted by Crippen LogP contribution is -2.04. The topological polar surface area (TPSA) is 51.2 Å². The van der Waals surface area contributed by atoms with Gasteiger partial charge in [0, 0.05) is 6.42 Å². The number of carbonyl (C=O) groups is 1. The molecule has 0 aromatic heterocycles. The van der Waals surface area contributed by atoms with Gasteiger partial charge in [0.15, 0.2) is 9.84 Å². The van der Waals surface area contributed by atoms with Gasteiger partial charge >= 0.3 is 0 Å². The predicted molar refractivity (Wildman–Crippen MR) is 63.1 cm³/mol. The monoisotopic (exact) mass is 238 g/mol. The van der Waals surface area contributed by atoms with Crippen LogP contribution in [0.15, 0.2) is 41.3 Å². The van der Waals surface area contributed by atoms with Gasteiger partial charge in [-0.05, 0) is 19.1 Å². The highest BCUT2D eigenvalue weighted by atomic mass is 32.2. The van der Waals surface area contributed by atoms with Crippen molar-refractivity contribution < 1.29 is 13.2 Å². The van der Waals surface area contributed by atoms with E-state index >= 15 is 0 Å². The Bertz CT molecular complexity index is 469. The molecule has 0 amide bonds. The number of carbonyl (C=O) groups excluding carboxylic acids is 1. The van der Waals surface area contributed by atoms with Crippen LogP contribution < -0.4 is 0 Å². The lowest BCUT2D eigenvalue weighted by Gasteiger charge is -2.01. The minimum atomic E-state index is -3.26. The third-order valence-corrected chi connectivity index (χ3v) is 3.72. The fourth-order valence-corrected chi connectivity index (χ4v) is 2.32. The van der Waals surface area contributed by atoms with Crippen LogP contribution in [0.4, 0.5) is 0 Å². The summed E-state index contributed by atoms with van der Waals surface area (Å²) >= 11 is 0. The Hall–Kier alpha value is -1.42. The molecule has 3 nitrogen and oxygen atoms in total. The van der Waals surface area contributed by atoms with Crippen molar-refractivity contribution >= 4 is 16.1 Å². The molecule has 0 N–H and O–H groups in total. The summed E-state index contributed by atoms with van der Waals surface area (Å²) in [6.45, 7) is 1.90. The number of hydrogen-bond donors (Lipinski definition) is 0. The summed E-state index contributed by atoms with van der Waals surface area (Å²) < 4.78 is 23.5. The molecule has 0 saturated heterocycles. The minimum absolute atomic E-state index is 0.0656. The maximum Gasteiger partial charge on any atom is 0.181 e. The van der Waals surface area contributed by atoms with Crippen molar-refractivity contribution in [3.8, 4) is 0 Å². The van der Waals surface area contributed by atoms with Gasteiger partial charge in [-0.25, -0.2) is 8.42 Å². The lowest BCUT2D eigenvalue weighted by atomic mass is 10.2. The molecule has 4 heteroatoms. The molecule has 1 aromatic carbocycles. The molecule has 0 aliphatic heterocycles. The summed E-state index contributed by atoms with van der Waals surface area (Å²) in [4.78, 5) is 10.3. The van der Waals surface area contributed by atoms with E-state index in [1.807, 2.05) is 6.92 Å². The van der Waals surface area contributed by atoms with Crippen LogP contribution >= 0.6 is 0 Å². The van der Waals surface area contributed by atoms with Gasteiger partial charge in [-0.3, -0.25) is 0 Å². The first kappa shape index (κ1) is 12.6. The van der Waals surface area contributed by atoms with E-state index in [4.69, 9.17) is 0 Å². The molecule has 1 aromatic rings. The highest BCUT2D eigenvalue weighted by Gasteiger charge is 2.11. The second-order valence-electron chi connectivity index (χ2n) is 3.47. The molecule has 0 aliphatic carbocycles. The van der Waals surface area contributed by atoms with Gasteiger partial charge in [0.25, 0.3) is 0 Å². The molecular formula is C12H14O3S. The Kier molecular flexibility index (Phi) is 4.43. The average Bonchev–Trinajstić information content (AvgIpc) is 2.25. The number of aryl methyl sites for hydroxylation is 1. The van der Waals surface area contributed by atoms with E-state index in [0.717, 1.165) is 11.8 Å². The number of allylic oxidation sites excluding steroid dienone is 1. The Labute approximate surface area is 95.7 Å². The summed E-state index contributed by atoms with van der Waals surface area (Å²) in [6, 6.07) is 6.72. The van der Waals surface area contributed by atoms with Crippen molar-refractivity contribution in [1.29, 1.82) is 0 Å². The summed E-state index contributed by atoms with van der Waals surface area (Å²) in [7, 11) is -3.26. The van der Waals surface area contributed by atoms with Gasteiger partial charge in [-0.2, -0.15) is 0 Å². The van der Waals surface area contributed by atoms with E-state index in [9.17, 15) is 13.2 Å². The van der Waals surface area contributed by atoms with E-state index in [2.05, 4.69) is 0 Å². The number of sulfone groups is 1. The molecule has 0 heterocycles. The van der Waals surface area contributed by atoms with Crippen molar-refractivity contribution in [3.63, 3.8) is 0 Å². The van der Waals surface area contributed by atoms with Crippen LogP contribution in [-0.4, -0.2) is 20.5 Å². The number of benzene rings is 1. The van der Waals surface area contributed by atoms with E-state index < -0.39 is 9.84 Å². The van der Waals surface area contributed by atoms with E-state index in [1.54, 1.807) is 30.3 Å². The smallest absolute Gasteiger partial charge is 0.181 e. The lowest BCUT2D eigenvalue weighted by molar-refractivity contribution is -0.107. The van der Waals surface area contributed by atoms with Crippen LogP contribution in [0.5, 0.6) is 0 Å². The van der Waals surface area contributed by atoms with Gasteiger partial charge in [0.05, 0.1) is 10.6 Å². The maximum absolute atomic E-state index is 11.8. The van der Waals surface area contributed by atoms with E-state index in [-0.39, 0.29) is 12.2 Å². The SMILES string of the molecule is Cc1ccc(S(=O)(=O)C/C=C/CC=O)cc1. The van der Waals surface area contributed by atoms with Crippen LogP contribution in [0.25, 0.3) is 0 Å². The van der Waals surface area contributed by atoms with Crippen molar-refractivity contribution in [2.24, 2.45) is 0 Å². The van der Waals surface area contributed by atoms with Gasteiger partial charge in [0.2, 0.25) is 0 Å². The first-order valence-corrected chi connectivity index (χ1v) is 6.59. The zero-order valence-electron chi connectivity index (χ0n) is 9.09. The van der Waals surface area contributed by atoms with Gasteiger partial charge in [-0.15, -0.1) is 0 Å². The molecule has 0 atom stereocenters. The summed E-state index contributed by atoms with van der Waals surface area (Å²) in [5, 5.41) is 0. The van der Waals surface area contributed by atoms with Gasteiger partial charge < -0.3 is 4.79 Å². The Balaban J connectivity index is 2.78. The number of rotatable bonds is 5. The highest BCUT2D eigenvalue weighted by Crippen LogP contribution is 2.12. The first-order chi connectivity index (χ1) is 7.56. The highest BCUT2D eigenvalue weighted by molar-refractivity contribution is 7.91. The van der Waals surface area contributed by atoms with Crippen molar-refractivity contribution in [2.75, 3.05) is 5.75 Å². The molecule has 0 spiro atoms. The fraction of sp³-hybridized carbons (Fsp3) is 0.250. The zero-order chi connectivity index (χ0) is 12.0. The number of aldehydes is 1. The third-order valence-electron chi connectivity index (χ3n) is 2.09. The molecule has 0 unspecified atom stereocenters. The van der Waals surface area contributed by atoms with Crippen molar-refractivity contribution in [2.45, 2.75) is 18.2 Å². The Morgan fingerprint density at radius 2 is 1.75 bits per heavy atom. The summed E-state index contributed by atoms with van der Waals surface area (Å²) in [6.07, 6.45) is 4.04. The van der Waals surface area contributed by atoms with Crippen LogP contribution in [-0.2, 0) is 14.6 Å². The summed E-state index contributed by atoms with van der Waals surface area (Å²) in [5.74, 6) is -0.0656. The zero-order valence-corrected chi connectivity index (χ0v) is 9.91. The van der Waals surface area contributed by atoms with Gasteiger partial charge in [-0.1, -0.05) is 29.8 Å². The third kappa shape index (κ3) is 3.62. The van der Waals surface area contributed by atoms with Crippen LogP contribution in [0.2, 0.25) is 0 Å². The molecule has 0 saturated carbocycles. The molecule has 1 rings (SSSR count). The van der Waals surface area contributed by atoms with Crippen molar-refractivity contribution in [1.82, 2.24) is 0 Å². The van der Waals surface area contributed by atoms with Crippen LogP contribution in [0.1, 0.15) is 12.0 Å². The van der Waals surface area contributed by atoms with E-state index in [0.29, 0.717) is 4.90 Å². The standard InChI is InChI=1S/C12H14O3S/c1-11-5-7-12(8-6-11)16(14,15)10-4-2-3-9-13/h2,4-9H,3,10H2,1H3/b4-2+. The van der Waals surface area contributed by atoms with Crippen LogP contribution in [0.3, 0.4) is 0 Å². The molecule has 0 aliphatic rings. The minimum Gasteiger partial charge on any atom is -0.303 e. The van der Waals surface area contributed by atoms with Gasteiger partial charge in [0.1, 0.15) is 6.29 Å². The first-order valence-electron chi connectivity index (χ1n) is 4.94. The quantitative estimate of drug-likeness (QED) is 0.581. The van der Waals surface area contributed by atoms with Crippen LogP contribution in [0, 0.1) is 6.92 Å². The molecule has 16 heavy (non-hydrogen) atoms. The second-order valence-corrected chi connectivity index (χ2v) is 5.50.